The molecule has 0 unspecified atom stereocenters. The molecular formula is C18H16Cl2O6. The number of hydrogen-bond donors (Lipinski definition) is 3. The Labute approximate surface area is 159 Å². The molecule has 1 fully saturated rings. The van der Waals surface area contributed by atoms with Crippen molar-refractivity contribution >= 4 is 29.0 Å². The molecule has 0 aromatic heterocycles. The summed E-state index contributed by atoms with van der Waals surface area (Å²) < 4.78 is 10.6. The molecule has 6 nitrogen and oxygen atoms in total. The van der Waals surface area contributed by atoms with Gasteiger partial charge < -0.3 is 24.8 Å². The second kappa shape index (κ2) is 7.92. The highest BCUT2D eigenvalue weighted by Crippen LogP contribution is 2.25. The molecule has 3 N–H and O–H groups in total. The van der Waals surface area contributed by atoms with Crippen LogP contribution in [0.25, 0.3) is 0 Å². The highest BCUT2D eigenvalue weighted by Gasteiger charge is 2.38. The lowest BCUT2D eigenvalue weighted by Crippen LogP contribution is -2.54. The summed E-state index contributed by atoms with van der Waals surface area (Å²) in [5, 5.41) is 29.7. The highest BCUT2D eigenvalue weighted by molar-refractivity contribution is 6.37. The van der Waals surface area contributed by atoms with Crippen LogP contribution < -0.4 is 4.74 Å². The molecule has 3 rings (SSSR count). The Bertz CT molecular complexity index is 795. The van der Waals surface area contributed by atoms with E-state index in [1.807, 2.05) is 0 Å². The van der Waals surface area contributed by atoms with Crippen molar-refractivity contribution in [3.05, 3.63) is 63.6 Å². The molecule has 2 aromatic carbocycles. The maximum atomic E-state index is 12.5. The Hall–Kier alpha value is -1.67. The third-order valence-corrected chi connectivity index (χ3v) is 4.55. The maximum absolute atomic E-state index is 12.5. The number of carbonyl (C=O) groups is 1. The minimum atomic E-state index is -1.40. The van der Waals surface area contributed by atoms with Gasteiger partial charge in [-0.15, -0.1) is 0 Å². The Morgan fingerprint density at radius 1 is 1.04 bits per heavy atom. The fourth-order valence-electron chi connectivity index (χ4n) is 2.53. The van der Waals surface area contributed by atoms with Gasteiger partial charge in [0.2, 0.25) is 6.29 Å². The normalized spacial score (nSPS) is 25.7. The monoisotopic (exact) mass is 398 g/mol. The van der Waals surface area contributed by atoms with Crippen molar-refractivity contribution in [1.82, 2.24) is 0 Å². The zero-order valence-electron chi connectivity index (χ0n) is 13.4. The first-order valence-corrected chi connectivity index (χ1v) is 8.54. The minimum absolute atomic E-state index is 0.158. The molecule has 0 saturated carbocycles. The lowest BCUT2D eigenvalue weighted by atomic mass is 10.0. The minimum Gasteiger partial charge on any atom is -0.462 e. The highest BCUT2D eigenvalue weighted by atomic mass is 35.5. The van der Waals surface area contributed by atoms with E-state index < -0.39 is 24.6 Å². The Morgan fingerprint density at radius 2 is 1.73 bits per heavy atom. The Balaban J connectivity index is 1.71. The Morgan fingerprint density at radius 3 is 2.38 bits per heavy atom. The molecule has 26 heavy (non-hydrogen) atoms. The van der Waals surface area contributed by atoms with E-state index in [0.29, 0.717) is 21.9 Å². The fraction of sp³-hybridized carbons (Fsp3) is 0.278. The average Bonchev–Trinajstić information content (AvgIpc) is 2.62. The van der Waals surface area contributed by atoms with Crippen LogP contribution in [-0.4, -0.2) is 52.3 Å². The van der Waals surface area contributed by atoms with Gasteiger partial charge in [0.25, 0.3) is 0 Å². The number of ether oxygens (including phenoxy) is 2. The zero-order chi connectivity index (χ0) is 18.8. The molecule has 138 valence electrons. The summed E-state index contributed by atoms with van der Waals surface area (Å²) in [6.07, 6.45) is -5.05. The molecule has 0 spiro atoms. The van der Waals surface area contributed by atoms with Crippen molar-refractivity contribution in [3.63, 3.8) is 0 Å². The van der Waals surface area contributed by atoms with Crippen LogP contribution in [0.5, 0.6) is 5.75 Å². The smallest absolute Gasteiger partial charge is 0.228 e. The molecule has 1 aliphatic heterocycles. The van der Waals surface area contributed by atoms with E-state index in [2.05, 4.69) is 0 Å². The van der Waals surface area contributed by atoms with E-state index in [4.69, 9.17) is 32.7 Å². The second-order valence-electron chi connectivity index (χ2n) is 5.85. The SMILES string of the molecule is O=C(c1ccc(O[C@@H]2OC[C@@H](O)[C@H](O)[C@H]2O)cc1)c1ccc(Cl)cc1Cl. The fourth-order valence-corrected chi connectivity index (χ4v) is 3.03. The number of aliphatic hydroxyl groups excluding tert-OH is 3. The molecule has 0 amide bonds. The van der Waals surface area contributed by atoms with Crippen molar-refractivity contribution in [2.75, 3.05) is 6.61 Å². The quantitative estimate of drug-likeness (QED) is 0.682. The van der Waals surface area contributed by atoms with Crippen molar-refractivity contribution in [2.45, 2.75) is 24.6 Å². The molecule has 1 saturated heterocycles. The number of ketones is 1. The van der Waals surface area contributed by atoms with Crippen LogP contribution in [0.2, 0.25) is 10.0 Å². The van der Waals surface area contributed by atoms with Gasteiger partial charge in [-0.3, -0.25) is 4.79 Å². The number of aliphatic hydroxyl groups is 3. The third-order valence-electron chi connectivity index (χ3n) is 4.00. The first kappa shape index (κ1) is 19.1. The molecule has 2 aromatic rings. The Kier molecular flexibility index (Phi) is 5.82. The molecule has 0 radical (unpaired) electrons. The first-order chi connectivity index (χ1) is 12.4. The van der Waals surface area contributed by atoms with Crippen LogP contribution in [0.3, 0.4) is 0 Å². The van der Waals surface area contributed by atoms with E-state index >= 15 is 0 Å². The van der Waals surface area contributed by atoms with Crippen LogP contribution in [-0.2, 0) is 4.74 Å². The van der Waals surface area contributed by atoms with E-state index in [9.17, 15) is 20.1 Å². The lowest BCUT2D eigenvalue weighted by Gasteiger charge is -2.34. The summed E-state index contributed by atoms with van der Waals surface area (Å²) in [5.74, 6) is 0.0575. The summed E-state index contributed by atoms with van der Waals surface area (Å²) >= 11 is 11.9. The summed E-state index contributed by atoms with van der Waals surface area (Å²) in [6.45, 7) is -0.158. The standard InChI is InChI=1S/C18H16Cl2O6/c19-10-3-6-12(13(20)7-10)15(22)9-1-4-11(5-2-9)26-18-17(24)16(23)14(21)8-25-18/h1-7,14,16-18,21,23-24H,8H2/t14-,16+,17-,18+/m1/s1. The summed E-state index contributed by atoms with van der Waals surface area (Å²) in [6, 6.07) is 10.8. The zero-order valence-corrected chi connectivity index (χ0v) is 14.9. The van der Waals surface area contributed by atoms with Gasteiger partial charge in [0.1, 0.15) is 24.1 Å². The van der Waals surface area contributed by atoms with Crippen molar-refractivity contribution in [2.24, 2.45) is 0 Å². The van der Waals surface area contributed by atoms with E-state index in [1.54, 1.807) is 24.3 Å². The molecule has 8 heteroatoms. The van der Waals surface area contributed by atoms with Gasteiger partial charge >= 0.3 is 0 Å². The van der Waals surface area contributed by atoms with Crippen LogP contribution >= 0.6 is 23.2 Å². The van der Waals surface area contributed by atoms with E-state index in [0.717, 1.165) is 0 Å². The van der Waals surface area contributed by atoms with Gasteiger partial charge in [-0.25, -0.2) is 0 Å². The molecule has 0 bridgehead atoms. The topological polar surface area (TPSA) is 96.2 Å². The third kappa shape index (κ3) is 4.01. The predicted molar refractivity (Wildman–Crippen MR) is 94.7 cm³/mol. The average molecular weight is 399 g/mol. The number of halogens is 2. The summed E-state index contributed by atoms with van der Waals surface area (Å²) in [4.78, 5) is 12.5. The molecule has 4 atom stereocenters. The molecule has 1 aliphatic rings. The van der Waals surface area contributed by atoms with Crippen LogP contribution in [0.15, 0.2) is 42.5 Å². The van der Waals surface area contributed by atoms with Crippen LogP contribution in [0, 0.1) is 0 Å². The van der Waals surface area contributed by atoms with Gasteiger partial charge in [-0.2, -0.15) is 0 Å². The van der Waals surface area contributed by atoms with E-state index in [1.165, 1.54) is 18.2 Å². The molecule has 0 aliphatic carbocycles. The van der Waals surface area contributed by atoms with Gasteiger partial charge in [-0.1, -0.05) is 23.2 Å². The number of carbonyl (C=O) groups excluding carboxylic acids is 1. The van der Waals surface area contributed by atoms with E-state index in [-0.39, 0.29) is 17.4 Å². The predicted octanol–water partition coefficient (Wildman–Crippen LogP) is 2.04. The maximum Gasteiger partial charge on any atom is 0.228 e. The number of hydrogen-bond acceptors (Lipinski definition) is 6. The lowest BCUT2D eigenvalue weighted by molar-refractivity contribution is -0.242. The number of benzene rings is 2. The molecular weight excluding hydrogens is 383 g/mol. The van der Waals surface area contributed by atoms with Crippen molar-refractivity contribution in [3.8, 4) is 5.75 Å². The summed E-state index contributed by atoms with van der Waals surface area (Å²) in [5.41, 5.74) is 0.718. The number of rotatable bonds is 4. The first-order valence-electron chi connectivity index (χ1n) is 7.79. The van der Waals surface area contributed by atoms with Crippen LogP contribution in [0.4, 0.5) is 0 Å². The van der Waals surface area contributed by atoms with Crippen molar-refractivity contribution in [1.29, 1.82) is 0 Å². The molecule has 1 heterocycles. The summed E-state index contributed by atoms with van der Waals surface area (Å²) in [7, 11) is 0. The van der Waals surface area contributed by atoms with Crippen LogP contribution in [0.1, 0.15) is 15.9 Å². The second-order valence-corrected chi connectivity index (χ2v) is 6.69. The largest absolute Gasteiger partial charge is 0.462 e. The van der Waals surface area contributed by atoms with Gasteiger partial charge in [0.15, 0.2) is 5.78 Å². The van der Waals surface area contributed by atoms with Crippen molar-refractivity contribution < 1.29 is 29.6 Å². The van der Waals surface area contributed by atoms with Gasteiger partial charge in [-0.05, 0) is 42.5 Å². The van der Waals surface area contributed by atoms with Gasteiger partial charge in [0, 0.05) is 16.1 Å². The van der Waals surface area contributed by atoms with Gasteiger partial charge in [0.05, 0.1) is 11.6 Å².